The number of aromatic nitrogens is 3. The van der Waals surface area contributed by atoms with Crippen molar-refractivity contribution in [1.29, 1.82) is 0 Å². The molecule has 2 aromatic heterocycles. The molecule has 0 aliphatic rings. The highest BCUT2D eigenvalue weighted by Gasteiger charge is 2.02. The molecular weight excluding hydrogens is 246 g/mol. The van der Waals surface area contributed by atoms with Gasteiger partial charge in [-0.1, -0.05) is 23.5 Å². The minimum absolute atomic E-state index is 0.690. The number of benzene rings is 1. The van der Waals surface area contributed by atoms with Crippen molar-refractivity contribution < 1.29 is 0 Å². The van der Waals surface area contributed by atoms with E-state index in [-0.39, 0.29) is 0 Å². The van der Waals surface area contributed by atoms with Crippen LogP contribution in [0, 0.1) is 0 Å². The van der Waals surface area contributed by atoms with E-state index in [4.69, 9.17) is 5.73 Å². The minimum Gasteiger partial charge on any atom is -0.396 e. The van der Waals surface area contributed by atoms with Crippen LogP contribution in [-0.2, 0) is 6.54 Å². The zero-order valence-electron chi connectivity index (χ0n) is 9.71. The Morgan fingerprint density at radius 1 is 1.33 bits per heavy atom. The number of thiazole rings is 1. The summed E-state index contributed by atoms with van der Waals surface area (Å²) in [6.07, 6.45) is 3.47. The molecule has 0 saturated carbocycles. The first-order valence-corrected chi connectivity index (χ1v) is 6.50. The summed E-state index contributed by atoms with van der Waals surface area (Å²) in [6.45, 7) is 1.55. The lowest BCUT2D eigenvalue weighted by atomic mass is 10.3. The van der Waals surface area contributed by atoms with E-state index < -0.39 is 0 Å². The van der Waals surface area contributed by atoms with Crippen molar-refractivity contribution in [3.63, 3.8) is 0 Å². The molecule has 92 valence electrons. The Morgan fingerprint density at radius 3 is 3.00 bits per heavy atom. The van der Waals surface area contributed by atoms with Crippen molar-refractivity contribution in [2.45, 2.75) is 6.54 Å². The molecule has 0 spiro atoms. The van der Waals surface area contributed by atoms with E-state index >= 15 is 0 Å². The number of nitrogens with two attached hydrogens (primary N) is 1. The lowest BCUT2D eigenvalue weighted by Crippen LogP contribution is -2.10. The van der Waals surface area contributed by atoms with Gasteiger partial charge in [-0.05, 0) is 12.1 Å². The van der Waals surface area contributed by atoms with Crippen LogP contribution in [0.15, 0.2) is 36.7 Å². The van der Waals surface area contributed by atoms with E-state index in [1.165, 1.54) is 4.70 Å². The largest absolute Gasteiger partial charge is 0.396 e. The fraction of sp³-hybridized carbons (Fsp3) is 0.167. The van der Waals surface area contributed by atoms with Crippen molar-refractivity contribution in [1.82, 2.24) is 14.8 Å². The summed E-state index contributed by atoms with van der Waals surface area (Å²) in [7, 11) is 0. The SMILES string of the molecule is Nc1cnn(CCNc2nc3ccccc3s2)c1. The smallest absolute Gasteiger partial charge is 0.183 e. The lowest BCUT2D eigenvalue weighted by molar-refractivity contribution is 0.638. The molecule has 5 nitrogen and oxygen atoms in total. The third-order valence-electron chi connectivity index (χ3n) is 2.56. The van der Waals surface area contributed by atoms with E-state index in [2.05, 4.69) is 21.5 Å². The van der Waals surface area contributed by atoms with Gasteiger partial charge in [-0.3, -0.25) is 4.68 Å². The topological polar surface area (TPSA) is 68.8 Å². The van der Waals surface area contributed by atoms with E-state index in [9.17, 15) is 0 Å². The van der Waals surface area contributed by atoms with Crippen LogP contribution in [0.1, 0.15) is 0 Å². The third kappa shape index (κ3) is 2.28. The number of nitrogens with one attached hydrogen (secondary N) is 1. The van der Waals surface area contributed by atoms with Gasteiger partial charge in [0.25, 0.3) is 0 Å². The van der Waals surface area contributed by atoms with Crippen LogP contribution in [-0.4, -0.2) is 21.3 Å². The molecule has 1 aromatic carbocycles. The molecular formula is C12H13N5S. The minimum atomic E-state index is 0.690. The second-order valence-corrected chi connectivity index (χ2v) is 4.98. The van der Waals surface area contributed by atoms with E-state index in [0.29, 0.717) is 5.69 Å². The number of hydrogen-bond acceptors (Lipinski definition) is 5. The molecule has 0 saturated heterocycles. The number of nitrogens with zero attached hydrogens (tertiary/aromatic N) is 3. The highest BCUT2D eigenvalue weighted by atomic mass is 32.1. The highest BCUT2D eigenvalue weighted by molar-refractivity contribution is 7.22. The summed E-state index contributed by atoms with van der Waals surface area (Å²) in [6, 6.07) is 8.12. The summed E-state index contributed by atoms with van der Waals surface area (Å²) in [4.78, 5) is 4.50. The van der Waals surface area contributed by atoms with Crippen LogP contribution in [0.2, 0.25) is 0 Å². The van der Waals surface area contributed by atoms with Crippen LogP contribution >= 0.6 is 11.3 Å². The van der Waals surface area contributed by atoms with Crippen LogP contribution in [0.3, 0.4) is 0 Å². The summed E-state index contributed by atoms with van der Waals surface area (Å²) in [5.74, 6) is 0. The zero-order chi connectivity index (χ0) is 12.4. The Labute approximate surface area is 108 Å². The van der Waals surface area contributed by atoms with Gasteiger partial charge in [-0.25, -0.2) is 4.98 Å². The highest BCUT2D eigenvalue weighted by Crippen LogP contribution is 2.24. The maximum Gasteiger partial charge on any atom is 0.183 e. The maximum absolute atomic E-state index is 5.60. The van der Waals surface area contributed by atoms with Gasteiger partial charge < -0.3 is 11.1 Å². The fourth-order valence-corrected chi connectivity index (χ4v) is 2.62. The maximum atomic E-state index is 5.60. The first kappa shape index (κ1) is 11.0. The Balaban J connectivity index is 1.62. The van der Waals surface area contributed by atoms with Gasteiger partial charge in [0.15, 0.2) is 5.13 Å². The number of fused-ring (bicyclic) bond motifs is 1. The van der Waals surface area contributed by atoms with E-state index in [1.54, 1.807) is 17.5 Å². The average Bonchev–Trinajstić information content (AvgIpc) is 2.95. The molecule has 0 atom stereocenters. The second kappa shape index (κ2) is 4.66. The zero-order valence-corrected chi connectivity index (χ0v) is 10.5. The van der Waals surface area contributed by atoms with E-state index in [0.717, 1.165) is 23.7 Å². The lowest BCUT2D eigenvalue weighted by Gasteiger charge is -2.02. The van der Waals surface area contributed by atoms with Crippen LogP contribution < -0.4 is 11.1 Å². The summed E-state index contributed by atoms with van der Waals surface area (Å²) >= 11 is 1.66. The van der Waals surface area contributed by atoms with Gasteiger partial charge in [0.1, 0.15) is 0 Å². The van der Waals surface area contributed by atoms with Crippen LogP contribution in [0.4, 0.5) is 10.8 Å². The first-order chi connectivity index (χ1) is 8.81. The predicted molar refractivity (Wildman–Crippen MR) is 74.7 cm³/mol. The molecule has 2 heterocycles. The monoisotopic (exact) mass is 259 g/mol. The van der Waals surface area contributed by atoms with Crippen molar-refractivity contribution in [2.75, 3.05) is 17.6 Å². The van der Waals surface area contributed by atoms with Gasteiger partial charge in [0, 0.05) is 12.7 Å². The fourth-order valence-electron chi connectivity index (χ4n) is 1.73. The summed E-state index contributed by atoms with van der Waals surface area (Å²) < 4.78 is 3.01. The third-order valence-corrected chi connectivity index (χ3v) is 3.56. The summed E-state index contributed by atoms with van der Waals surface area (Å²) in [5, 5.41) is 8.36. The number of hydrogen-bond donors (Lipinski definition) is 2. The average molecular weight is 259 g/mol. The molecule has 3 aromatic rings. The van der Waals surface area contributed by atoms with Crippen LogP contribution in [0.5, 0.6) is 0 Å². The van der Waals surface area contributed by atoms with Crippen molar-refractivity contribution in [3.05, 3.63) is 36.7 Å². The van der Waals surface area contributed by atoms with Crippen molar-refractivity contribution in [3.8, 4) is 0 Å². The number of para-hydroxylation sites is 1. The second-order valence-electron chi connectivity index (χ2n) is 3.95. The Hall–Kier alpha value is -2.08. The Kier molecular flexibility index (Phi) is 2.85. The number of anilines is 2. The molecule has 18 heavy (non-hydrogen) atoms. The van der Waals surface area contributed by atoms with Crippen LogP contribution in [0.25, 0.3) is 10.2 Å². The van der Waals surface area contributed by atoms with Gasteiger partial charge >= 0.3 is 0 Å². The molecule has 0 amide bonds. The molecule has 0 bridgehead atoms. The van der Waals surface area contributed by atoms with Gasteiger partial charge in [0.05, 0.1) is 28.6 Å². The molecule has 3 N–H and O–H groups in total. The molecule has 0 fully saturated rings. The molecule has 6 heteroatoms. The molecule has 0 aliphatic carbocycles. The Morgan fingerprint density at radius 2 is 2.22 bits per heavy atom. The van der Waals surface area contributed by atoms with Gasteiger partial charge in [0.2, 0.25) is 0 Å². The predicted octanol–water partition coefficient (Wildman–Crippen LogP) is 2.19. The van der Waals surface area contributed by atoms with Crippen molar-refractivity contribution in [2.24, 2.45) is 0 Å². The van der Waals surface area contributed by atoms with Crippen molar-refractivity contribution >= 4 is 32.4 Å². The van der Waals surface area contributed by atoms with Gasteiger partial charge in [-0.2, -0.15) is 5.10 Å². The normalized spacial score (nSPS) is 10.9. The van der Waals surface area contributed by atoms with E-state index in [1.807, 2.05) is 29.1 Å². The summed E-state index contributed by atoms with van der Waals surface area (Å²) in [5.41, 5.74) is 7.32. The quantitative estimate of drug-likeness (QED) is 0.753. The van der Waals surface area contributed by atoms with Gasteiger partial charge in [-0.15, -0.1) is 0 Å². The molecule has 0 aliphatic heterocycles. The molecule has 0 unspecified atom stereocenters. The number of nitrogen functional groups attached to an aromatic ring is 1. The Bertz CT molecular complexity index is 624. The first-order valence-electron chi connectivity index (χ1n) is 5.69. The number of rotatable bonds is 4. The molecule has 3 rings (SSSR count). The standard InChI is InChI=1S/C12H13N5S/c13-9-7-15-17(8-9)6-5-14-12-16-10-3-1-2-4-11(10)18-12/h1-4,7-8H,5-6,13H2,(H,14,16). The molecule has 0 radical (unpaired) electrons.